The Bertz CT molecular complexity index is 382. The predicted octanol–water partition coefficient (Wildman–Crippen LogP) is 4.95. The summed E-state index contributed by atoms with van der Waals surface area (Å²) in [6, 6.07) is 5.92. The minimum Gasteiger partial charge on any atom is -0.398 e. The van der Waals surface area contributed by atoms with Crippen molar-refractivity contribution in [3.05, 3.63) is 33.8 Å². The molecule has 0 aliphatic rings. The van der Waals surface area contributed by atoms with Gasteiger partial charge in [0.05, 0.1) is 0 Å². The molecule has 0 aliphatic carbocycles. The van der Waals surface area contributed by atoms with Crippen LogP contribution in [0.3, 0.4) is 0 Å². The van der Waals surface area contributed by atoms with Crippen LogP contribution < -0.4 is 5.73 Å². The number of anilines is 1. The zero-order chi connectivity index (χ0) is 12.1. The second-order valence-corrected chi connectivity index (χ2v) is 4.98. The topological polar surface area (TPSA) is 26.0 Å². The molecule has 0 fully saturated rings. The highest BCUT2D eigenvalue weighted by Crippen LogP contribution is 2.30. The van der Waals surface area contributed by atoms with E-state index < -0.39 is 0 Å². The fraction of sp³-hybridized carbons (Fsp3) is 0.385. The molecule has 0 bridgehead atoms. The van der Waals surface area contributed by atoms with Crippen molar-refractivity contribution in [2.45, 2.75) is 32.6 Å². The zero-order valence-electron chi connectivity index (χ0n) is 9.63. The Labute approximate surface area is 107 Å². The molecular weight excluding hydrogens is 241 g/mol. The van der Waals surface area contributed by atoms with E-state index in [2.05, 4.69) is 19.9 Å². The van der Waals surface area contributed by atoms with Crippen LogP contribution in [-0.4, -0.2) is 0 Å². The van der Waals surface area contributed by atoms with Gasteiger partial charge in [-0.05, 0) is 30.0 Å². The molecule has 1 unspecified atom stereocenters. The first-order chi connectivity index (χ1) is 7.56. The largest absolute Gasteiger partial charge is 0.398 e. The normalized spacial score (nSPS) is 12.2. The van der Waals surface area contributed by atoms with E-state index in [9.17, 15) is 0 Å². The maximum Gasteiger partial charge on any atom is 0.107 e. The number of benzene rings is 1. The van der Waals surface area contributed by atoms with Crippen LogP contribution in [-0.2, 0) is 0 Å². The van der Waals surface area contributed by atoms with Gasteiger partial charge in [-0.2, -0.15) is 0 Å². The number of rotatable bonds is 4. The van der Waals surface area contributed by atoms with Crippen LogP contribution in [0, 0.1) is 0 Å². The predicted molar refractivity (Wildman–Crippen MR) is 73.9 cm³/mol. The molecule has 0 aromatic heterocycles. The smallest absolute Gasteiger partial charge is 0.107 e. The number of nitrogen functional groups attached to an aromatic ring is 1. The molecular formula is C13H17Cl2N. The minimum atomic E-state index is 0.239. The van der Waals surface area contributed by atoms with Crippen LogP contribution >= 0.6 is 23.2 Å². The summed E-state index contributed by atoms with van der Waals surface area (Å²) in [6.07, 6.45) is 4.00. The van der Waals surface area contributed by atoms with Gasteiger partial charge in [-0.15, -0.1) is 0 Å². The highest BCUT2D eigenvalue weighted by Gasteiger charge is 2.10. The monoisotopic (exact) mass is 257 g/mol. The Kier molecular flexibility index (Phi) is 5.17. The van der Waals surface area contributed by atoms with Gasteiger partial charge in [-0.1, -0.05) is 55.6 Å². The average Bonchev–Trinajstić information content (AvgIpc) is 2.20. The van der Waals surface area contributed by atoms with Crippen molar-refractivity contribution >= 4 is 35.0 Å². The summed E-state index contributed by atoms with van der Waals surface area (Å²) < 4.78 is 0.239. The highest BCUT2D eigenvalue weighted by molar-refractivity contribution is 6.57. The molecule has 0 aliphatic heterocycles. The molecule has 1 aromatic rings. The van der Waals surface area contributed by atoms with E-state index in [1.165, 1.54) is 5.56 Å². The summed E-state index contributed by atoms with van der Waals surface area (Å²) in [7, 11) is 0. The summed E-state index contributed by atoms with van der Waals surface area (Å²) in [6.45, 7) is 4.37. The van der Waals surface area contributed by atoms with Crippen molar-refractivity contribution in [3.8, 4) is 0 Å². The van der Waals surface area contributed by atoms with Crippen molar-refractivity contribution < 1.29 is 0 Å². The lowest BCUT2D eigenvalue weighted by Gasteiger charge is -2.15. The SMILES string of the molecule is CCCC(C)c1cccc(N)c1C=C(Cl)Cl. The quantitative estimate of drug-likeness (QED) is 0.760. The number of halogens is 2. The number of nitrogens with two attached hydrogens (primary N) is 1. The lowest BCUT2D eigenvalue weighted by Crippen LogP contribution is -2.00. The van der Waals surface area contributed by atoms with Crippen molar-refractivity contribution in [2.75, 3.05) is 5.73 Å². The minimum absolute atomic E-state index is 0.239. The third-order valence-corrected chi connectivity index (χ3v) is 2.90. The van der Waals surface area contributed by atoms with E-state index in [4.69, 9.17) is 28.9 Å². The molecule has 16 heavy (non-hydrogen) atoms. The van der Waals surface area contributed by atoms with E-state index in [0.29, 0.717) is 5.92 Å². The molecule has 0 heterocycles. The molecule has 0 saturated carbocycles. The van der Waals surface area contributed by atoms with Crippen LogP contribution in [0.2, 0.25) is 0 Å². The molecule has 0 spiro atoms. The van der Waals surface area contributed by atoms with Crippen molar-refractivity contribution in [2.24, 2.45) is 0 Å². The summed E-state index contributed by atoms with van der Waals surface area (Å²) in [4.78, 5) is 0. The van der Waals surface area contributed by atoms with Gasteiger partial charge in [0, 0.05) is 11.3 Å². The first-order valence-corrected chi connectivity index (χ1v) is 6.23. The Morgan fingerprint density at radius 3 is 2.69 bits per heavy atom. The third kappa shape index (κ3) is 3.43. The number of hydrogen-bond acceptors (Lipinski definition) is 1. The Balaban J connectivity index is 3.17. The first kappa shape index (κ1) is 13.4. The zero-order valence-corrected chi connectivity index (χ0v) is 11.1. The van der Waals surface area contributed by atoms with Gasteiger partial charge in [-0.25, -0.2) is 0 Å². The van der Waals surface area contributed by atoms with Gasteiger partial charge < -0.3 is 5.73 Å². The van der Waals surface area contributed by atoms with Gasteiger partial charge in [0.25, 0.3) is 0 Å². The molecule has 88 valence electrons. The maximum absolute atomic E-state index is 5.94. The second-order valence-electron chi connectivity index (χ2n) is 3.97. The molecule has 3 heteroatoms. The lowest BCUT2D eigenvalue weighted by molar-refractivity contribution is 0.664. The molecule has 2 N–H and O–H groups in total. The highest BCUT2D eigenvalue weighted by atomic mass is 35.5. The Morgan fingerprint density at radius 2 is 2.12 bits per heavy atom. The van der Waals surface area contributed by atoms with Crippen LogP contribution in [0.15, 0.2) is 22.7 Å². The van der Waals surface area contributed by atoms with Crippen LogP contribution in [0.25, 0.3) is 6.08 Å². The van der Waals surface area contributed by atoms with E-state index in [-0.39, 0.29) is 4.49 Å². The van der Waals surface area contributed by atoms with Crippen LogP contribution in [0.5, 0.6) is 0 Å². The van der Waals surface area contributed by atoms with Gasteiger partial charge >= 0.3 is 0 Å². The summed E-state index contributed by atoms with van der Waals surface area (Å²) >= 11 is 11.4. The van der Waals surface area contributed by atoms with Gasteiger partial charge in [0.1, 0.15) is 4.49 Å². The fourth-order valence-corrected chi connectivity index (χ4v) is 2.11. The lowest BCUT2D eigenvalue weighted by atomic mass is 9.91. The third-order valence-electron chi connectivity index (χ3n) is 2.68. The standard InChI is InChI=1S/C13H17Cl2N/c1-3-5-9(2)10-6-4-7-12(16)11(10)8-13(14)15/h4,6-9H,3,5,16H2,1-2H3. The molecule has 1 atom stereocenters. The Morgan fingerprint density at radius 1 is 1.44 bits per heavy atom. The average molecular weight is 258 g/mol. The maximum atomic E-state index is 5.94. The van der Waals surface area contributed by atoms with E-state index in [1.54, 1.807) is 6.08 Å². The summed E-state index contributed by atoms with van der Waals surface area (Å²) in [5.74, 6) is 0.465. The summed E-state index contributed by atoms with van der Waals surface area (Å²) in [5.41, 5.74) is 8.82. The number of hydrogen-bond donors (Lipinski definition) is 1. The summed E-state index contributed by atoms with van der Waals surface area (Å²) in [5, 5.41) is 0. The van der Waals surface area contributed by atoms with E-state index >= 15 is 0 Å². The molecule has 0 radical (unpaired) electrons. The van der Waals surface area contributed by atoms with Crippen LogP contribution in [0.1, 0.15) is 43.7 Å². The van der Waals surface area contributed by atoms with Gasteiger partial charge in [-0.3, -0.25) is 0 Å². The fourth-order valence-electron chi connectivity index (χ4n) is 1.90. The molecule has 0 saturated heterocycles. The first-order valence-electron chi connectivity index (χ1n) is 5.47. The molecule has 1 rings (SSSR count). The van der Waals surface area contributed by atoms with E-state index in [0.717, 1.165) is 24.1 Å². The van der Waals surface area contributed by atoms with Crippen LogP contribution in [0.4, 0.5) is 5.69 Å². The van der Waals surface area contributed by atoms with Gasteiger partial charge in [0.2, 0.25) is 0 Å². The molecule has 1 nitrogen and oxygen atoms in total. The second kappa shape index (κ2) is 6.17. The molecule has 1 aromatic carbocycles. The Hall–Kier alpha value is -0.660. The van der Waals surface area contributed by atoms with Crippen molar-refractivity contribution in [1.29, 1.82) is 0 Å². The van der Waals surface area contributed by atoms with Crippen molar-refractivity contribution in [1.82, 2.24) is 0 Å². The molecule has 0 amide bonds. The van der Waals surface area contributed by atoms with Crippen molar-refractivity contribution in [3.63, 3.8) is 0 Å². The van der Waals surface area contributed by atoms with E-state index in [1.807, 2.05) is 12.1 Å². The van der Waals surface area contributed by atoms with Gasteiger partial charge in [0.15, 0.2) is 0 Å².